The van der Waals surface area contributed by atoms with Crippen LogP contribution in [0.4, 0.5) is 0 Å². The van der Waals surface area contributed by atoms with E-state index in [1.807, 2.05) is 38.1 Å². The summed E-state index contributed by atoms with van der Waals surface area (Å²) in [4.78, 5) is 53.3. The molecule has 1 heterocycles. The number of carbonyl (C=O) groups is 4. The summed E-state index contributed by atoms with van der Waals surface area (Å²) in [5.74, 6) is -3.42. The van der Waals surface area contributed by atoms with Crippen LogP contribution in [-0.4, -0.2) is 69.7 Å². The molecule has 0 radical (unpaired) electrons. The minimum atomic E-state index is -1.50. The Morgan fingerprint density at radius 3 is 2.08 bits per heavy atom. The van der Waals surface area contributed by atoms with E-state index in [2.05, 4.69) is 20.9 Å². The van der Waals surface area contributed by atoms with Gasteiger partial charge in [0.2, 0.25) is 17.7 Å². The number of hydrogen-bond acceptors (Lipinski definition) is 6. The van der Waals surface area contributed by atoms with Gasteiger partial charge in [0, 0.05) is 23.5 Å². The van der Waals surface area contributed by atoms with E-state index in [-0.39, 0.29) is 24.7 Å². The number of nitrogens with one attached hydrogen (secondary N) is 4. The summed E-state index contributed by atoms with van der Waals surface area (Å²) >= 11 is 0. The zero-order valence-corrected chi connectivity index (χ0v) is 21.1. The molecule has 2 rings (SSSR count). The normalized spacial score (nSPS) is 14.8. The number of aliphatic hydroxyl groups excluding tert-OH is 1. The quantitative estimate of drug-likeness (QED) is 0.204. The van der Waals surface area contributed by atoms with Crippen LogP contribution in [0.2, 0.25) is 0 Å². The molecule has 0 bridgehead atoms. The van der Waals surface area contributed by atoms with Crippen LogP contribution in [0, 0.1) is 11.8 Å². The summed E-state index contributed by atoms with van der Waals surface area (Å²) in [5.41, 5.74) is 7.66. The molecule has 0 aliphatic carbocycles. The van der Waals surface area contributed by atoms with Gasteiger partial charge in [0.15, 0.2) is 0 Å². The van der Waals surface area contributed by atoms with Crippen LogP contribution in [0.5, 0.6) is 0 Å². The van der Waals surface area contributed by atoms with Crippen molar-refractivity contribution < 1.29 is 29.4 Å². The number of fused-ring (bicyclic) bond motifs is 1. The number of H-pyrrole nitrogens is 1. The molecule has 198 valence electrons. The Morgan fingerprint density at radius 1 is 0.917 bits per heavy atom. The molecule has 1 aromatic heterocycles. The third kappa shape index (κ3) is 7.79. The second kappa shape index (κ2) is 13.0. The van der Waals surface area contributed by atoms with Crippen molar-refractivity contribution in [3.8, 4) is 0 Å². The summed E-state index contributed by atoms with van der Waals surface area (Å²) < 4.78 is 0. The van der Waals surface area contributed by atoms with Crippen molar-refractivity contribution in [2.75, 3.05) is 6.61 Å². The van der Waals surface area contributed by atoms with Crippen molar-refractivity contribution in [1.82, 2.24) is 20.9 Å². The molecule has 36 heavy (non-hydrogen) atoms. The van der Waals surface area contributed by atoms with Crippen LogP contribution < -0.4 is 21.7 Å². The maximum Gasteiger partial charge on any atom is 0.328 e. The molecule has 0 fully saturated rings. The van der Waals surface area contributed by atoms with E-state index in [1.165, 1.54) is 0 Å². The minimum Gasteiger partial charge on any atom is -0.480 e. The number of hydrogen-bond donors (Lipinski definition) is 7. The SMILES string of the molecule is CC(C)CC(NC(=O)C(Cc1c[nH]c2ccccc12)NC(=O)C(N)C(C)C)C(=O)NC(CO)C(=O)O. The van der Waals surface area contributed by atoms with Crippen LogP contribution in [0.15, 0.2) is 30.5 Å². The topological polar surface area (TPSA) is 187 Å². The molecular weight excluding hydrogens is 466 g/mol. The van der Waals surface area contributed by atoms with Crippen molar-refractivity contribution in [2.24, 2.45) is 17.6 Å². The lowest BCUT2D eigenvalue weighted by molar-refractivity contribution is -0.143. The summed E-state index contributed by atoms with van der Waals surface area (Å²) in [5, 5.41) is 26.9. The van der Waals surface area contributed by atoms with Crippen LogP contribution >= 0.6 is 0 Å². The second-order valence-corrected chi connectivity index (χ2v) is 9.67. The smallest absolute Gasteiger partial charge is 0.328 e. The number of aromatic amines is 1. The summed E-state index contributed by atoms with van der Waals surface area (Å²) in [6.07, 6.45) is 2.11. The fourth-order valence-corrected chi connectivity index (χ4v) is 3.73. The number of para-hydroxylation sites is 1. The summed E-state index contributed by atoms with van der Waals surface area (Å²) in [6, 6.07) is 3.07. The Balaban J connectivity index is 2.30. The highest BCUT2D eigenvalue weighted by Gasteiger charge is 2.31. The van der Waals surface area contributed by atoms with Crippen LogP contribution in [0.3, 0.4) is 0 Å². The Morgan fingerprint density at radius 2 is 1.50 bits per heavy atom. The molecule has 0 aliphatic rings. The molecule has 8 N–H and O–H groups in total. The lowest BCUT2D eigenvalue weighted by Gasteiger charge is -2.26. The molecule has 11 heteroatoms. The number of aromatic nitrogens is 1. The largest absolute Gasteiger partial charge is 0.480 e. The molecule has 0 saturated heterocycles. The number of carboxylic acid groups (broad SMARTS) is 1. The van der Waals surface area contributed by atoms with E-state index in [4.69, 9.17) is 10.8 Å². The van der Waals surface area contributed by atoms with E-state index in [0.717, 1.165) is 16.5 Å². The summed E-state index contributed by atoms with van der Waals surface area (Å²) in [6.45, 7) is 6.49. The Bertz CT molecular complexity index is 1070. The Kier molecular flexibility index (Phi) is 10.4. The van der Waals surface area contributed by atoms with Crippen LogP contribution in [0.1, 0.15) is 39.7 Å². The second-order valence-electron chi connectivity index (χ2n) is 9.67. The van der Waals surface area contributed by atoms with Gasteiger partial charge < -0.3 is 36.9 Å². The number of nitrogens with two attached hydrogens (primary N) is 1. The Labute approximate surface area is 210 Å². The third-order valence-corrected chi connectivity index (χ3v) is 5.89. The first-order valence-corrected chi connectivity index (χ1v) is 12.0. The number of aliphatic hydroxyl groups is 1. The molecule has 3 amide bonds. The predicted molar refractivity (Wildman–Crippen MR) is 135 cm³/mol. The van der Waals surface area contributed by atoms with E-state index < -0.39 is 54.5 Å². The molecule has 1 aromatic carbocycles. The van der Waals surface area contributed by atoms with Crippen LogP contribution in [-0.2, 0) is 25.6 Å². The van der Waals surface area contributed by atoms with Crippen molar-refractivity contribution in [2.45, 2.75) is 64.7 Å². The zero-order chi connectivity index (χ0) is 27.0. The average Bonchev–Trinajstić information content (AvgIpc) is 3.23. The molecule has 0 saturated carbocycles. The fraction of sp³-hybridized carbons (Fsp3) is 0.520. The van der Waals surface area contributed by atoms with E-state index in [0.29, 0.717) is 0 Å². The molecule has 0 spiro atoms. The maximum atomic E-state index is 13.4. The van der Waals surface area contributed by atoms with Gasteiger partial charge in [0.25, 0.3) is 0 Å². The highest BCUT2D eigenvalue weighted by molar-refractivity contribution is 5.95. The average molecular weight is 504 g/mol. The number of rotatable bonds is 13. The van der Waals surface area contributed by atoms with Crippen molar-refractivity contribution >= 4 is 34.6 Å². The lowest BCUT2D eigenvalue weighted by Crippen LogP contribution is -2.58. The molecular formula is C25H37N5O6. The zero-order valence-electron chi connectivity index (χ0n) is 21.1. The molecule has 11 nitrogen and oxygen atoms in total. The van der Waals surface area contributed by atoms with Gasteiger partial charge in [-0.15, -0.1) is 0 Å². The first-order chi connectivity index (χ1) is 16.9. The molecule has 0 aliphatic heterocycles. The number of aliphatic carboxylic acids is 1. The van der Waals surface area contributed by atoms with Gasteiger partial charge in [0.05, 0.1) is 12.6 Å². The van der Waals surface area contributed by atoms with Gasteiger partial charge in [-0.2, -0.15) is 0 Å². The van der Waals surface area contributed by atoms with Crippen molar-refractivity contribution in [3.05, 3.63) is 36.0 Å². The van der Waals surface area contributed by atoms with Crippen molar-refractivity contribution in [3.63, 3.8) is 0 Å². The van der Waals surface area contributed by atoms with Gasteiger partial charge in [0.1, 0.15) is 18.1 Å². The number of carboxylic acids is 1. The van der Waals surface area contributed by atoms with Crippen molar-refractivity contribution in [1.29, 1.82) is 0 Å². The molecule has 4 unspecified atom stereocenters. The summed E-state index contributed by atoms with van der Waals surface area (Å²) in [7, 11) is 0. The van der Waals surface area contributed by atoms with Gasteiger partial charge in [-0.05, 0) is 29.9 Å². The standard InChI is InChI=1S/C25H37N5O6/c1-13(2)9-18(22(32)30-20(12-31)25(35)36)28-23(33)19(29-24(34)21(26)14(3)4)10-15-11-27-17-8-6-5-7-16(15)17/h5-8,11,13-14,18-21,27,31H,9-10,12,26H2,1-4H3,(H,28,33)(H,29,34)(H,30,32)(H,35,36). The number of carbonyl (C=O) groups excluding carboxylic acids is 3. The molecule has 2 aromatic rings. The Hall–Kier alpha value is -3.44. The molecule has 4 atom stereocenters. The van der Waals surface area contributed by atoms with Gasteiger partial charge in [-0.3, -0.25) is 14.4 Å². The first-order valence-electron chi connectivity index (χ1n) is 12.0. The van der Waals surface area contributed by atoms with Gasteiger partial charge in [-0.1, -0.05) is 45.9 Å². The van der Waals surface area contributed by atoms with Gasteiger partial charge in [-0.25, -0.2) is 4.79 Å². The maximum absolute atomic E-state index is 13.4. The highest BCUT2D eigenvalue weighted by atomic mass is 16.4. The third-order valence-electron chi connectivity index (χ3n) is 5.89. The minimum absolute atomic E-state index is 0.0190. The lowest BCUT2D eigenvalue weighted by atomic mass is 9.99. The van der Waals surface area contributed by atoms with E-state index in [9.17, 15) is 24.3 Å². The first kappa shape index (κ1) is 28.8. The monoisotopic (exact) mass is 503 g/mol. The highest BCUT2D eigenvalue weighted by Crippen LogP contribution is 2.19. The van der Waals surface area contributed by atoms with Crippen LogP contribution in [0.25, 0.3) is 10.9 Å². The van der Waals surface area contributed by atoms with E-state index in [1.54, 1.807) is 20.0 Å². The fourth-order valence-electron chi connectivity index (χ4n) is 3.73. The number of amides is 3. The number of benzene rings is 1. The van der Waals surface area contributed by atoms with E-state index >= 15 is 0 Å². The predicted octanol–water partition coefficient (Wildman–Crippen LogP) is 0.271. The van der Waals surface area contributed by atoms with Gasteiger partial charge >= 0.3 is 5.97 Å².